The van der Waals surface area contributed by atoms with Crippen molar-refractivity contribution in [3.8, 4) is 11.5 Å². The van der Waals surface area contributed by atoms with Crippen LogP contribution in [0.2, 0.25) is 0 Å². The van der Waals surface area contributed by atoms with Gasteiger partial charge in [-0.15, -0.1) is 0 Å². The smallest absolute Gasteiger partial charge is 0.132 e. The Hall–Kier alpha value is -1.87. The number of nitrogens with one attached hydrogen (secondary N) is 1. The van der Waals surface area contributed by atoms with Crippen LogP contribution in [0.5, 0.6) is 11.5 Å². The number of aryl methyl sites for hydroxylation is 1. The maximum Gasteiger partial charge on any atom is 0.132 e. The summed E-state index contributed by atoms with van der Waals surface area (Å²) in [6.45, 7) is 2.73. The van der Waals surface area contributed by atoms with Gasteiger partial charge in [0.2, 0.25) is 0 Å². The fourth-order valence-corrected chi connectivity index (χ4v) is 2.12. The Kier molecular flexibility index (Phi) is 5.13. The van der Waals surface area contributed by atoms with Crippen LogP contribution in [0.25, 0.3) is 0 Å². The zero-order valence-corrected chi connectivity index (χ0v) is 11.9. The van der Waals surface area contributed by atoms with Crippen LogP contribution < -0.4 is 10.1 Å². The highest BCUT2D eigenvalue weighted by atomic mass is 19.1. The van der Waals surface area contributed by atoms with E-state index in [0.717, 1.165) is 24.2 Å². The van der Waals surface area contributed by atoms with Crippen molar-refractivity contribution in [3.05, 3.63) is 59.4 Å². The normalized spacial score (nSPS) is 10.6. The minimum absolute atomic E-state index is 0.249. The van der Waals surface area contributed by atoms with Gasteiger partial charge in [0.15, 0.2) is 0 Å². The van der Waals surface area contributed by atoms with Crippen LogP contribution in [-0.4, -0.2) is 7.05 Å². The average molecular weight is 273 g/mol. The Bertz CT molecular complexity index is 551. The topological polar surface area (TPSA) is 21.3 Å². The highest BCUT2D eigenvalue weighted by Crippen LogP contribution is 2.26. The van der Waals surface area contributed by atoms with Crippen molar-refractivity contribution in [2.45, 2.75) is 26.3 Å². The molecule has 0 atom stereocenters. The Balaban J connectivity index is 2.16. The van der Waals surface area contributed by atoms with Crippen LogP contribution in [0.15, 0.2) is 42.5 Å². The van der Waals surface area contributed by atoms with Gasteiger partial charge in [0.25, 0.3) is 0 Å². The molecule has 2 rings (SSSR count). The van der Waals surface area contributed by atoms with Gasteiger partial charge in [0.1, 0.15) is 17.3 Å². The SMILES string of the molecule is CCCc1ccc(Oc2ccc(F)cc2CNC)cc1. The molecule has 0 radical (unpaired) electrons. The monoisotopic (exact) mass is 273 g/mol. The molecule has 0 unspecified atom stereocenters. The molecule has 2 aromatic rings. The lowest BCUT2D eigenvalue weighted by Crippen LogP contribution is -2.06. The minimum atomic E-state index is -0.249. The van der Waals surface area contributed by atoms with Crippen LogP contribution >= 0.6 is 0 Å². The third-order valence-corrected chi connectivity index (χ3v) is 3.08. The van der Waals surface area contributed by atoms with Gasteiger partial charge in [-0.25, -0.2) is 4.39 Å². The standard InChI is InChI=1S/C17H20FNO/c1-3-4-13-5-8-16(9-6-13)20-17-10-7-15(18)11-14(17)12-19-2/h5-11,19H,3-4,12H2,1-2H3. The number of hydrogen-bond donors (Lipinski definition) is 1. The lowest BCUT2D eigenvalue weighted by molar-refractivity contribution is 0.471. The summed E-state index contributed by atoms with van der Waals surface area (Å²) in [5, 5.41) is 3.02. The summed E-state index contributed by atoms with van der Waals surface area (Å²) in [4.78, 5) is 0. The highest BCUT2D eigenvalue weighted by Gasteiger charge is 2.06. The van der Waals surface area contributed by atoms with Crippen LogP contribution in [0.3, 0.4) is 0 Å². The summed E-state index contributed by atoms with van der Waals surface area (Å²) in [6.07, 6.45) is 2.20. The zero-order chi connectivity index (χ0) is 14.4. The lowest BCUT2D eigenvalue weighted by Gasteiger charge is -2.11. The molecule has 0 amide bonds. The molecule has 1 N–H and O–H groups in total. The van der Waals surface area contributed by atoms with Crippen LogP contribution in [0.1, 0.15) is 24.5 Å². The Morgan fingerprint density at radius 3 is 2.50 bits per heavy atom. The van der Waals surface area contributed by atoms with Crippen molar-refractivity contribution >= 4 is 0 Å². The molecular formula is C17H20FNO. The van der Waals surface area contributed by atoms with Gasteiger partial charge in [-0.1, -0.05) is 25.5 Å². The van der Waals surface area contributed by atoms with Gasteiger partial charge >= 0.3 is 0 Å². The van der Waals surface area contributed by atoms with E-state index in [2.05, 4.69) is 24.4 Å². The van der Waals surface area contributed by atoms with Crippen molar-refractivity contribution in [2.75, 3.05) is 7.05 Å². The summed E-state index contributed by atoms with van der Waals surface area (Å²) < 4.78 is 19.1. The summed E-state index contributed by atoms with van der Waals surface area (Å²) in [6, 6.07) is 12.6. The number of ether oxygens (including phenoxy) is 1. The number of rotatable bonds is 6. The van der Waals surface area contributed by atoms with Crippen molar-refractivity contribution < 1.29 is 9.13 Å². The second-order valence-electron chi connectivity index (χ2n) is 4.78. The fourth-order valence-electron chi connectivity index (χ4n) is 2.12. The molecule has 0 saturated heterocycles. The lowest BCUT2D eigenvalue weighted by atomic mass is 10.1. The molecule has 0 spiro atoms. The van der Waals surface area contributed by atoms with E-state index in [0.29, 0.717) is 12.3 Å². The predicted octanol–water partition coefficient (Wildman–Crippen LogP) is 4.29. The molecule has 3 heteroatoms. The quantitative estimate of drug-likeness (QED) is 0.847. The van der Waals surface area contributed by atoms with E-state index in [1.165, 1.54) is 17.7 Å². The van der Waals surface area contributed by atoms with Crippen molar-refractivity contribution in [1.29, 1.82) is 0 Å². The number of benzene rings is 2. The van der Waals surface area contributed by atoms with E-state index in [-0.39, 0.29) is 5.82 Å². The molecule has 0 aliphatic heterocycles. The maximum absolute atomic E-state index is 13.3. The Labute approximate surface area is 119 Å². The Morgan fingerprint density at radius 1 is 1.10 bits per heavy atom. The third-order valence-electron chi connectivity index (χ3n) is 3.08. The first-order valence-electron chi connectivity index (χ1n) is 6.92. The first kappa shape index (κ1) is 14.5. The zero-order valence-electron chi connectivity index (χ0n) is 11.9. The van der Waals surface area contributed by atoms with E-state index in [1.807, 2.05) is 19.2 Å². The van der Waals surface area contributed by atoms with E-state index in [1.54, 1.807) is 6.07 Å². The first-order valence-corrected chi connectivity index (χ1v) is 6.92. The van der Waals surface area contributed by atoms with Gasteiger partial charge in [-0.2, -0.15) is 0 Å². The van der Waals surface area contributed by atoms with Gasteiger partial charge in [0.05, 0.1) is 0 Å². The van der Waals surface area contributed by atoms with E-state index >= 15 is 0 Å². The molecule has 2 nitrogen and oxygen atoms in total. The third kappa shape index (κ3) is 3.81. The van der Waals surface area contributed by atoms with Gasteiger partial charge in [-0.3, -0.25) is 0 Å². The fraction of sp³-hybridized carbons (Fsp3) is 0.294. The van der Waals surface area contributed by atoms with Crippen LogP contribution in [0.4, 0.5) is 4.39 Å². The van der Waals surface area contributed by atoms with Crippen molar-refractivity contribution in [3.63, 3.8) is 0 Å². The maximum atomic E-state index is 13.3. The molecule has 20 heavy (non-hydrogen) atoms. The highest BCUT2D eigenvalue weighted by molar-refractivity contribution is 5.39. The number of halogens is 1. The van der Waals surface area contributed by atoms with Crippen LogP contribution in [-0.2, 0) is 13.0 Å². The van der Waals surface area contributed by atoms with Crippen molar-refractivity contribution in [1.82, 2.24) is 5.32 Å². The van der Waals surface area contributed by atoms with E-state index in [9.17, 15) is 4.39 Å². The summed E-state index contributed by atoms with van der Waals surface area (Å²) >= 11 is 0. The second-order valence-corrected chi connectivity index (χ2v) is 4.78. The molecule has 106 valence electrons. The van der Waals surface area contributed by atoms with Gasteiger partial charge < -0.3 is 10.1 Å². The summed E-state index contributed by atoms with van der Waals surface area (Å²) in [5.74, 6) is 1.21. The molecule has 0 bridgehead atoms. The summed E-state index contributed by atoms with van der Waals surface area (Å²) in [5.41, 5.74) is 2.11. The first-order chi connectivity index (χ1) is 9.72. The molecule has 0 fully saturated rings. The van der Waals surface area contributed by atoms with Crippen molar-refractivity contribution in [2.24, 2.45) is 0 Å². The number of hydrogen-bond acceptors (Lipinski definition) is 2. The summed E-state index contributed by atoms with van der Waals surface area (Å²) in [7, 11) is 1.83. The molecule has 0 saturated carbocycles. The van der Waals surface area contributed by atoms with Crippen LogP contribution in [0, 0.1) is 5.82 Å². The predicted molar refractivity (Wildman–Crippen MR) is 79.7 cm³/mol. The second kappa shape index (κ2) is 7.06. The average Bonchev–Trinajstić information content (AvgIpc) is 2.44. The van der Waals surface area contributed by atoms with E-state index in [4.69, 9.17) is 4.74 Å². The van der Waals surface area contributed by atoms with E-state index < -0.39 is 0 Å². The molecule has 2 aromatic carbocycles. The molecular weight excluding hydrogens is 253 g/mol. The van der Waals surface area contributed by atoms with Gasteiger partial charge in [-0.05, 0) is 49.4 Å². The molecule has 0 heterocycles. The largest absolute Gasteiger partial charge is 0.457 e. The minimum Gasteiger partial charge on any atom is -0.457 e. The van der Waals surface area contributed by atoms with Gasteiger partial charge in [0, 0.05) is 12.1 Å². The molecule has 0 aliphatic carbocycles. The molecule has 0 aliphatic rings. The molecule has 0 aromatic heterocycles. The Morgan fingerprint density at radius 2 is 1.85 bits per heavy atom.